The lowest BCUT2D eigenvalue weighted by atomic mass is 9.95. The smallest absolute Gasteiger partial charge is 0.328 e. The Balaban J connectivity index is 2.88. The Kier molecular flexibility index (Phi) is 4.56. The summed E-state index contributed by atoms with van der Waals surface area (Å²) in [4.78, 5) is 10.7. The van der Waals surface area contributed by atoms with E-state index < -0.39 is 5.97 Å². The first-order valence-electron chi connectivity index (χ1n) is 5.17. The van der Waals surface area contributed by atoms with Gasteiger partial charge in [-0.05, 0) is 30.0 Å². The Hall–Kier alpha value is -1.28. The SMILES string of the molecule is CC(C)/C(=C\C(=O)O)Cc1cccc(Cl)c1. The third-order valence-electron chi connectivity index (χ3n) is 2.35. The van der Waals surface area contributed by atoms with Crippen molar-refractivity contribution in [2.24, 2.45) is 5.92 Å². The van der Waals surface area contributed by atoms with Gasteiger partial charge in [-0.1, -0.05) is 43.2 Å². The summed E-state index contributed by atoms with van der Waals surface area (Å²) in [5, 5.41) is 9.44. The van der Waals surface area contributed by atoms with Crippen molar-refractivity contribution < 1.29 is 9.90 Å². The second-order valence-corrected chi connectivity index (χ2v) is 4.46. The summed E-state index contributed by atoms with van der Waals surface area (Å²) in [6.07, 6.45) is 1.91. The number of hydrogen-bond acceptors (Lipinski definition) is 1. The van der Waals surface area contributed by atoms with Gasteiger partial charge in [0, 0.05) is 11.1 Å². The summed E-state index contributed by atoms with van der Waals surface area (Å²) >= 11 is 5.88. The maximum atomic E-state index is 10.7. The van der Waals surface area contributed by atoms with Crippen LogP contribution in [0, 0.1) is 5.92 Å². The van der Waals surface area contributed by atoms with E-state index in [4.69, 9.17) is 16.7 Å². The Labute approximate surface area is 101 Å². The highest BCUT2D eigenvalue weighted by Gasteiger charge is 2.07. The number of carboxylic acid groups (broad SMARTS) is 1. The van der Waals surface area contributed by atoms with E-state index >= 15 is 0 Å². The maximum absolute atomic E-state index is 10.7. The zero-order chi connectivity index (χ0) is 12.1. The molecule has 0 saturated carbocycles. The molecule has 1 aromatic rings. The minimum Gasteiger partial charge on any atom is -0.478 e. The van der Waals surface area contributed by atoms with Crippen LogP contribution in [0.4, 0.5) is 0 Å². The summed E-state index contributed by atoms with van der Waals surface area (Å²) in [7, 11) is 0. The molecular formula is C13H15ClO2. The second kappa shape index (κ2) is 5.71. The third-order valence-corrected chi connectivity index (χ3v) is 2.58. The van der Waals surface area contributed by atoms with Crippen LogP contribution in [-0.4, -0.2) is 11.1 Å². The molecule has 0 unspecified atom stereocenters. The molecule has 0 fully saturated rings. The average molecular weight is 239 g/mol. The van der Waals surface area contributed by atoms with Crippen molar-refractivity contribution in [1.82, 2.24) is 0 Å². The molecule has 0 radical (unpaired) electrons. The van der Waals surface area contributed by atoms with Crippen molar-refractivity contribution >= 4 is 17.6 Å². The summed E-state index contributed by atoms with van der Waals surface area (Å²) in [6, 6.07) is 7.49. The Morgan fingerprint density at radius 2 is 2.19 bits per heavy atom. The van der Waals surface area contributed by atoms with Crippen LogP contribution in [0.5, 0.6) is 0 Å². The highest BCUT2D eigenvalue weighted by Crippen LogP contribution is 2.18. The fourth-order valence-electron chi connectivity index (χ4n) is 1.46. The van der Waals surface area contributed by atoms with E-state index in [9.17, 15) is 4.79 Å². The van der Waals surface area contributed by atoms with Crippen LogP contribution in [0.3, 0.4) is 0 Å². The molecule has 3 heteroatoms. The Morgan fingerprint density at radius 1 is 1.50 bits per heavy atom. The molecule has 0 aromatic heterocycles. The average Bonchev–Trinajstić information content (AvgIpc) is 2.15. The molecule has 0 bridgehead atoms. The number of allylic oxidation sites excluding steroid dienone is 1. The van der Waals surface area contributed by atoms with E-state index in [1.807, 2.05) is 32.0 Å². The quantitative estimate of drug-likeness (QED) is 0.815. The zero-order valence-corrected chi connectivity index (χ0v) is 10.2. The minimum atomic E-state index is -0.897. The van der Waals surface area contributed by atoms with Gasteiger partial charge in [0.25, 0.3) is 0 Å². The molecule has 0 aliphatic heterocycles. The van der Waals surface area contributed by atoms with Gasteiger partial charge in [-0.25, -0.2) is 4.79 Å². The molecule has 0 spiro atoms. The normalized spacial score (nSPS) is 11.9. The van der Waals surface area contributed by atoms with Crippen molar-refractivity contribution in [3.8, 4) is 0 Å². The van der Waals surface area contributed by atoms with Crippen LogP contribution in [0.25, 0.3) is 0 Å². The molecule has 0 heterocycles. The number of benzene rings is 1. The van der Waals surface area contributed by atoms with Crippen molar-refractivity contribution in [2.75, 3.05) is 0 Å². The van der Waals surface area contributed by atoms with Gasteiger partial charge in [-0.3, -0.25) is 0 Å². The molecule has 0 atom stereocenters. The lowest BCUT2D eigenvalue weighted by Crippen LogP contribution is -2.02. The van der Waals surface area contributed by atoms with Gasteiger partial charge in [-0.2, -0.15) is 0 Å². The zero-order valence-electron chi connectivity index (χ0n) is 9.40. The first-order chi connectivity index (χ1) is 7.49. The van der Waals surface area contributed by atoms with Gasteiger partial charge in [0.1, 0.15) is 0 Å². The van der Waals surface area contributed by atoms with Gasteiger partial charge in [0.2, 0.25) is 0 Å². The summed E-state index contributed by atoms with van der Waals surface area (Å²) in [5.74, 6) is -0.680. The second-order valence-electron chi connectivity index (χ2n) is 4.02. The number of hydrogen-bond donors (Lipinski definition) is 1. The van der Waals surface area contributed by atoms with E-state index in [-0.39, 0.29) is 5.92 Å². The van der Waals surface area contributed by atoms with Crippen LogP contribution >= 0.6 is 11.6 Å². The lowest BCUT2D eigenvalue weighted by molar-refractivity contribution is -0.131. The Bertz CT molecular complexity index is 408. The molecule has 0 saturated heterocycles. The summed E-state index contributed by atoms with van der Waals surface area (Å²) in [5.41, 5.74) is 1.93. The number of aliphatic carboxylic acids is 1. The highest BCUT2D eigenvalue weighted by atomic mass is 35.5. The van der Waals surface area contributed by atoms with Crippen LogP contribution in [0.2, 0.25) is 5.02 Å². The predicted octanol–water partition coefficient (Wildman–Crippen LogP) is 3.55. The van der Waals surface area contributed by atoms with Crippen molar-refractivity contribution in [1.29, 1.82) is 0 Å². The van der Waals surface area contributed by atoms with Crippen molar-refractivity contribution in [3.63, 3.8) is 0 Å². The first-order valence-corrected chi connectivity index (χ1v) is 5.54. The summed E-state index contributed by atoms with van der Waals surface area (Å²) < 4.78 is 0. The molecule has 0 aliphatic carbocycles. The standard InChI is InChI=1S/C13H15ClO2/c1-9(2)11(8-13(15)16)6-10-4-3-5-12(14)7-10/h3-5,7-9H,6H2,1-2H3,(H,15,16)/b11-8-. The van der Waals surface area contributed by atoms with E-state index in [0.29, 0.717) is 11.4 Å². The van der Waals surface area contributed by atoms with E-state index in [0.717, 1.165) is 11.1 Å². The predicted molar refractivity (Wildman–Crippen MR) is 65.7 cm³/mol. The molecular weight excluding hydrogens is 224 g/mol. The van der Waals surface area contributed by atoms with Gasteiger partial charge >= 0.3 is 5.97 Å². The third kappa shape index (κ3) is 4.07. The van der Waals surface area contributed by atoms with Gasteiger partial charge in [-0.15, -0.1) is 0 Å². The molecule has 0 aliphatic rings. The fourth-order valence-corrected chi connectivity index (χ4v) is 1.68. The Morgan fingerprint density at radius 3 is 2.69 bits per heavy atom. The van der Waals surface area contributed by atoms with Crippen LogP contribution in [-0.2, 0) is 11.2 Å². The van der Waals surface area contributed by atoms with Crippen molar-refractivity contribution in [3.05, 3.63) is 46.5 Å². The monoisotopic (exact) mass is 238 g/mol. The number of carboxylic acids is 1. The van der Waals surface area contributed by atoms with Crippen LogP contribution in [0.15, 0.2) is 35.9 Å². The van der Waals surface area contributed by atoms with E-state index in [1.165, 1.54) is 6.08 Å². The molecule has 1 rings (SSSR count). The van der Waals surface area contributed by atoms with Crippen LogP contribution < -0.4 is 0 Å². The van der Waals surface area contributed by atoms with Crippen LogP contribution in [0.1, 0.15) is 19.4 Å². The van der Waals surface area contributed by atoms with Gasteiger partial charge < -0.3 is 5.11 Å². The largest absolute Gasteiger partial charge is 0.478 e. The molecule has 86 valence electrons. The molecule has 1 aromatic carbocycles. The lowest BCUT2D eigenvalue weighted by Gasteiger charge is -2.10. The molecule has 16 heavy (non-hydrogen) atoms. The topological polar surface area (TPSA) is 37.3 Å². The van der Waals surface area contributed by atoms with E-state index in [1.54, 1.807) is 6.07 Å². The highest BCUT2D eigenvalue weighted by molar-refractivity contribution is 6.30. The van der Waals surface area contributed by atoms with Gasteiger partial charge in [0.05, 0.1) is 0 Å². The van der Waals surface area contributed by atoms with E-state index in [2.05, 4.69) is 0 Å². The molecule has 0 amide bonds. The number of halogens is 1. The maximum Gasteiger partial charge on any atom is 0.328 e. The minimum absolute atomic E-state index is 0.218. The fraction of sp³-hybridized carbons (Fsp3) is 0.308. The molecule has 1 N–H and O–H groups in total. The number of rotatable bonds is 4. The number of carbonyl (C=O) groups is 1. The first kappa shape index (κ1) is 12.8. The van der Waals surface area contributed by atoms with Crippen molar-refractivity contribution in [2.45, 2.75) is 20.3 Å². The summed E-state index contributed by atoms with van der Waals surface area (Å²) in [6.45, 7) is 3.97. The molecule has 2 nitrogen and oxygen atoms in total. The van der Waals surface area contributed by atoms with Gasteiger partial charge in [0.15, 0.2) is 0 Å².